The highest BCUT2D eigenvalue weighted by Gasteiger charge is 2.01. The maximum atomic E-state index is 5.02. The molecule has 2 aromatic heterocycles. The Morgan fingerprint density at radius 3 is 2.37 bits per heavy atom. The third-order valence-electron chi connectivity index (χ3n) is 2.71. The molecule has 0 bridgehead atoms. The van der Waals surface area contributed by atoms with Crippen LogP contribution in [0.1, 0.15) is 23.9 Å². The van der Waals surface area contributed by atoms with Crippen molar-refractivity contribution >= 4 is 0 Å². The van der Waals surface area contributed by atoms with E-state index in [1.807, 2.05) is 24.5 Å². The number of nitrogens with zero attached hydrogens (tertiary/aromatic N) is 3. The van der Waals surface area contributed by atoms with E-state index in [2.05, 4.69) is 27.2 Å². The normalized spacial score (nSPS) is 10.4. The smallest absolute Gasteiger partial charge is 0.212 e. The van der Waals surface area contributed by atoms with E-state index in [-0.39, 0.29) is 0 Å². The van der Waals surface area contributed by atoms with Crippen LogP contribution in [-0.4, -0.2) is 28.6 Å². The third-order valence-corrected chi connectivity index (χ3v) is 2.71. The zero-order valence-electron chi connectivity index (χ0n) is 11.3. The van der Waals surface area contributed by atoms with E-state index in [0.29, 0.717) is 12.3 Å². The van der Waals surface area contributed by atoms with E-state index in [9.17, 15) is 0 Å². The molecule has 5 nitrogen and oxygen atoms in total. The monoisotopic (exact) mass is 258 g/mol. The SMILES string of the molecule is CCNCc1cnc(Cc2ccc(OC)nc2)nc1. The lowest BCUT2D eigenvalue weighted by atomic mass is 10.2. The molecule has 0 radical (unpaired) electrons. The van der Waals surface area contributed by atoms with Gasteiger partial charge in [0, 0.05) is 43.2 Å². The molecule has 19 heavy (non-hydrogen) atoms. The summed E-state index contributed by atoms with van der Waals surface area (Å²) in [5, 5.41) is 3.24. The van der Waals surface area contributed by atoms with Crippen molar-refractivity contribution in [2.75, 3.05) is 13.7 Å². The van der Waals surface area contributed by atoms with E-state index in [1.54, 1.807) is 13.3 Å². The van der Waals surface area contributed by atoms with Crippen LogP contribution in [0.25, 0.3) is 0 Å². The molecular formula is C14H18N4O. The molecule has 0 aliphatic rings. The Balaban J connectivity index is 1.98. The highest BCUT2D eigenvalue weighted by molar-refractivity contribution is 5.21. The average molecular weight is 258 g/mol. The minimum absolute atomic E-state index is 0.616. The highest BCUT2D eigenvalue weighted by Crippen LogP contribution is 2.09. The Hall–Kier alpha value is -2.01. The van der Waals surface area contributed by atoms with Gasteiger partial charge in [0.05, 0.1) is 7.11 Å². The molecule has 0 unspecified atom stereocenters. The van der Waals surface area contributed by atoms with Crippen molar-refractivity contribution in [2.45, 2.75) is 19.9 Å². The molecule has 0 atom stereocenters. The molecule has 0 aliphatic carbocycles. The standard InChI is InChI=1S/C14H18N4O/c1-3-15-7-12-9-16-13(17-10-12)6-11-4-5-14(19-2)18-8-11/h4-5,8-10,15H,3,6-7H2,1-2H3. The molecular weight excluding hydrogens is 240 g/mol. The minimum atomic E-state index is 0.616. The summed E-state index contributed by atoms with van der Waals surface area (Å²) in [5.74, 6) is 1.41. The van der Waals surface area contributed by atoms with Gasteiger partial charge in [0.15, 0.2) is 0 Å². The molecule has 2 rings (SSSR count). The number of nitrogens with one attached hydrogen (secondary N) is 1. The summed E-state index contributed by atoms with van der Waals surface area (Å²) in [6.07, 6.45) is 6.19. The zero-order valence-corrected chi connectivity index (χ0v) is 11.3. The molecule has 2 aromatic rings. The van der Waals surface area contributed by atoms with Gasteiger partial charge in [-0.15, -0.1) is 0 Å². The summed E-state index contributed by atoms with van der Waals surface area (Å²) in [7, 11) is 1.61. The van der Waals surface area contributed by atoms with Crippen molar-refractivity contribution in [3.8, 4) is 5.88 Å². The molecule has 2 heterocycles. The summed E-state index contributed by atoms with van der Waals surface area (Å²) < 4.78 is 5.02. The van der Waals surface area contributed by atoms with Crippen LogP contribution in [0.2, 0.25) is 0 Å². The van der Waals surface area contributed by atoms with Gasteiger partial charge in [0.1, 0.15) is 5.82 Å². The molecule has 0 fully saturated rings. The van der Waals surface area contributed by atoms with Crippen LogP contribution >= 0.6 is 0 Å². The molecule has 0 aliphatic heterocycles. The molecule has 1 N–H and O–H groups in total. The summed E-state index contributed by atoms with van der Waals surface area (Å²) >= 11 is 0. The summed E-state index contributed by atoms with van der Waals surface area (Å²) in [4.78, 5) is 12.9. The number of methoxy groups -OCH3 is 1. The number of hydrogen-bond acceptors (Lipinski definition) is 5. The van der Waals surface area contributed by atoms with Crippen LogP contribution in [-0.2, 0) is 13.0 Å². The first-order chi connectivity index (χ1) is 9.31. The first-order valence-corrected chi connectivity index (χ1v) is 6.31. The second-order valence-corrected chi connectivity index (χ2v) is 4.17. The fourth-order valence-corrected chi connectivity index (χ4v) is 1.65. The Morgan fingerprint density at radius 1 is 1.05 bits per heavy atom. The Labute approximate surface area is 113 Å². The van der Waals surface area contributed by atoms with Crippen LogP contribution in [0.4, 0.5) is 0 Å². The van der Waals surface area contributed by atoms with E-state index in [1.165, 1.54) is 0 Å². The van der Waals surface area contributed by atoms with Crippen LogP contribution in [0.15, 0.2) is 30.7 Å². The summed E-state index contributed by atoms with van der Waals surface area (Å²) in [6, 6.07) is 3.82. The average Bonchev–Trinajstić information content (AvgIpc) is 2.47. The van der Waals surface area contributed by atoms with Crippen molar-refractivity contribution in [3.63, 3.8) is 0 Å². The number of aromatic nitrogens is 3. The largest absolute Gasteiger partial charge is 0.481 e. The molecule has 0 aromatic carbocycles. The first-order valence-electron chi connectivity index (χ1n) is 6.31. The molecule has 100 valence electrons. The Kier molecular flexibility index (Phi) is 4.80. The predicted octanol–water partition coefficient (Wildman–Crippen LogP) is 1.58. The fraction of sp³-hybridized carbons (Fsp3) is 0.357. The van der Waals surface area contributed by atoms with Gasteiger partial charge in [-0.1, -0.05) is 13.0 Å². The van der Waals surface area contributed by atoms with Crippen molar-refractivity contribution in [1.29, 1.82) is 0 Å². The second kappa shape index (κ2) is 6.80. The molecule has 0 spiro atoms. The van der Waals surface area contributed by atoms with Crippen molar-refractivity contribution in [1.82, 2.24) is 20.3 Å². The number of ether oxygens (including phenoxy) is 1. The maximum absolute atomic E-state index is 5.02. The van der Waals surface area contributed by atoms with Gasteiger partial charge in [-0.25, -0.2) is 15.0 Å². The predicted molar refractivity (Wildman–Crippen MR) is 73.0 cm³/mol. The quantitative estimate of drug-likeness (QED) is 0.852. The van der Waals surface area contributed by atoms with Gasteiger partial charge in [-0.3, -0.25) is 0 Å². The van der Waals surface area contributed by atoms with Crippen LogP contribution < -0.4 is 10.1 Å². The van der Waals surface area contributed by atoms with E-state index >= 15 is 0 Å². The first kappa shape index (κ1) is 13.4. The van der Waals surface area contributed by atoms with Gasteiger partial charge in [0.2, 0.25) is 5.88 Å². The topological polar surface area (TPSA) is 59.9 Å². The van der Waals surface area contributed by atoms with Crippen molar-refractivity contribution in [3.05, 3.63) is 47.7 Å². The number of hydrogen-bond donors (Lipinski definition) is 1. The van der Waals surface area contributed by atoms with Crippen LogP contribution in [0.3, 0.4) is 0 Å². The summed E-state index contributed by atoms with van der Waals surface area (Å²) in [6.45, 7) is 3.83. The van der Waals surface area contributed by atoms with Crippen LogP contribution in [0.5, 0.6) is 5.88 Å². The lowest BCUT2D eigenvalue weighted by Crippen LogP contribution is -2.12. The Morgan fingerprint density at radius 2 is 1.79 bits per heavy atom. The van der Waals surface area contributed by atoms with E-state index in [0.717, 1.165) is 30.0 Å². The zero-order chi connectivity index (χ0) is 13.5. The molecule has 5 heteroatoms. The third kappa shape index (κ3) is 3.99. The van der Waals surface area contributed by atoms with E-state index in [4.69, 9.17) is 4.74 Å². The lowest BCUT2D eigenvalue weighted by molar-refractivity contribution is 0.397. The van der Waals surface area contributed by atoms with Crippen molar-refractivity contribution < 1.29 is 4.74 Å². The van der Waals surface area contributed by atoms with E-state index < -0.39 is 0 Å². The molecule has 0 saturated carbocycles. The van der Waals surface area contributed by atoms with Gasteiger partial charge < -0.3 is 10.1 Å². The van der Waals surface area contributed by atoms with Gasteiger partial charge in [-0.05, 0) is 12.1 Å². The van der Waals surface area contributed by atoms with Crippen molar-refractivity contribution in [2.24, 2.45) is 0 Å². The Bertz CT molecular complexity index is 496. The van der Waals surface area contributed by atoms with Gasteiger partial charge >= 0.3 is 0 Å². The molecule has 0 saturated heterocycles. The maximum Gasteiger partial charge on any atom is 0.212 e. The minimum Gasteiger partial charge on any atom is -0.481 e. The highest BCUT2D eigenvalue weighted by atomic mass is 16.5. The lowest BCUT2D eigenvalue weighted by Gasteiger charge is -2.04. The van der Waals surface area contributed by atoms with Gasteiger partial charge in [0.25, 0.3) is 0 Å². The number of pyridine rings is 1. The second-order valence-electron chi connectivity index (χ2n) is 4.17. The fourth-order valence-electron chi connectivity index (χ4n) is 1.65. The van der Waals surface area contributed by atoms with Crippen LogP contribution in [0, 0.1) is 0 Å². The number of rotatable bonds is 6. The molecule has 0 amide bonds. The van der Waals surface area contributed by atoms with Gasteiger partial charge in [-0.2, -0.15) is 0 Å². The summed E-state index contributed by atoms with van der Waals surface area (Å²) in [5.41, 5.74) is 2.17.